The molecule has 62 heavy (non-hydrogen) atoms. The number of nitrogens with one attached hydrogen (secondary N) is 2. The second-order valence-electron chi connectivity index (χ2n) is 25.2. The first kappa shape index (κ1) is 48.0. The maximum atomic E-state index is 13.7. The van der Waals surface area contributed by atoms with E-state index in [9.17, 15) is 27.9 Å². The van der Waals surface area contributed by atoms with Crippen molar-refractivity contribution in [1.82, 2.24) is 15.5 Å². The van der Waals surface area contributed by atoms with Gasteiger partial charge in [-0.3, -0.25) is 14.5 Å². The summed E-state index contributed by atoms with van der Waals surface area (Å²) in [6.07, 6.45) is 11.0. The van der Waals surface area contributed by atoms with Crippen molar-refractivity contribution in [2.75, 3.05) is 31.1 Å². The molecule has 0 aromatic heterocycles. The topological polar surface area (TPSA) is 151 Å². The Morgan fingerprint density at radius 2 is 1.45 bits per heavy atom. The number of nitrogens with zero attached hydrogens (tertiary/aromatic N) is 1. The Labute approximate surface area is 375 Å². The van der Waals surface area contributed by atoms with Crippen LogP contribution >= 0.6 is 0 Å². The number of carbonyl (C=O) groups is 3. The lowest BCUT2D eigenvalue weighted by atomic mass is 9.32. The normalized spacial score (nSPS) is 43.1. The number of carboxylic acids is 1. The maximum absolute atomic E-state index is 13.7. The van der Waals surface area contributed by atoms with E-state index >= 15 is 0 Å². The zero-order valence-electron chi connectivity index (χ0n) is 40.8. The van der Waals surface area contributed by atoms with Gasteiger partial charge in [-0.05, 0) is 155 Å². The summed E-state index contributed by atoms with van der Waals surface area (Å²) >= 11 is 0. The molecule has 7 aliphatic rings. The minimum atomic E-state index is -3.07. The second kappa shape index (κ2) is 16.2. The second-order valence-corrected chi connectivity index (χ2v) is 27.5. The average molecular weight is 888 g/mol. The van der Waals surface area contributed by atoms with Crippen LogP contribution in [0.1, 0.15) is 161 Å². The first-order valence-corrected chi connectivity index (χ1v) is 26.5. The van der Waals surface area contributed by atoms with Crippen LogP contribution in [0.4, 0.5) is 4.79 Å². The van der Waals surface area contributed by atoms with Crippen molar-refractivity contribution in [3.8, 4) is 0 Å². The summed E-state index contributed by atoms with van der Waals surface area (Å²) in [7, 11) is -3.07. The number of aliphatic carboxylic acids is 1. The number of sulfone groups is 1. The van der Waals surface area contributed by atoms with Crippen molar-refractivity contribution < 1.29 is 37.4 Å². The Hall–Kier alpha value is -1.92. The molecule has 0 spiro atoms. The molecular formula is C50H85N3O8S. The average Bonchev–Trinajstić information content (AvgIpc) is 3.52. The van der Waals surface area contributed by atoms with E-state index in [4.69, 9.17) is 9.47 Å². The lowest BCUT2D eigenvalue weighted by Gasteiger charge is -2.73. The SMILES string of the molecule is CC(NC(=O)OC(C)(C)C)C(CN[C@]12CC[C@@H](C(C)C)[C@@H]1[C@H]1CC[C@@H]3[C@@]4(C)CC[C@H](OC(=O)[C@H]5C[C@@H](C(=O)O)C5(C)C)C(C)(C)[C@@H]4CC[C@@]3(C)[C@]1(C)CC2)N1CCS(=O)(=O)CC1. The van der Waals surface area contributed by atoms with E-state index in [0.717, 1.165) is 32.1 Å². The van der Waals surface area contributed by atoms with Gasteiger partial charge in [0.05, 0.1) is 23.3 Å². The Morgan fingerprint density at radius 1 is 0.790 bits per heavy atom. The monoisotopic (exact) mass is 888 g/mol. The number of ether oxygens (including phenoxy) is 2. The minimum Gasteiger partial charge on any atom is -0.481 e. The summed E-state index contributed by atoms with van der Waals surface area (Å²) in [5.74, 6) is 1.68. The predicted octanol–water partition coefficient (Wildman–Crippen LogP) is 8.74. The molecule has 12 heteroatoms. The van der Waals surface area contributed by atoms with Crippen molar-refractivity contribution in [1.29, 1.82) is 0 Å². The van der Waals surface area contributed by atoms with Crippen LogP contribution in [-0.4, -0.2) is 96.9 Å². The highest BCUT2D eigenvalue weighted by Crippen LogP contribution is 2.76. The van der Waals surface area contributed by atoms with Crippen LogP contribution in [0.5, 0.6) is 0 Å². The number of amides is 1. The van der Waals surface area contributed by atoms with Crippen LogP contribution in [0.3, 0.4) is 0 Å². The van der Waals surface area contributed by atoms with Crippen molar-refractivity contribution in [3.05, 3.63) is 0 Å². The molecule has 1 aliphatic heterocycles. The number of fused-ring (bicyclic) bond motifs is 7. The molecule has 1 heterocycles. The van der Waals surface area contributed by atoms with E-state index in [1.807, 2.05) is 41.5 Å². The van der Waals surface area contributed by atoms with Crippen LogP contribution in [0.2, 0.25) is 0 Å². The first-order chi connectivity index (χ1) is 28.5. The molecule has 3 N–H and O–H groups in total. The van der Waals surface area contributed by atoms with Gasteiger partial charge in [0.2, 0.25) is 0 Å². The van der Waals surface area contributed by atoms with Crippen molar-refractivity contribution in [2.45, 2.75) is 190 Å². The van der Waals surface area contributed by atoms with E-state index in [1.54, 1.807) is 0 Å². The lowest BCUT2D eigenvalue weighted by molar-refractivity contribution is -0.249. The van der Waals surface area contributed by atoms with Gasteiger partial charge in [0.1, 0.15) is 11.7 Å². The Bertz CT molecular complexity index is 1830. The molecule has 0 aromatic rings. The number of hydrogen-bond acceptors (Lipinski definition) is 9. The summed E-state index contributed by atoms with van der Waals surface area (Å²) in [6, 6.07) is -0.325. The van der Waals surface area contributed by atoms with Crippen LogP contribution in [-0.2, 0) is 28.9 Å². The van der Waals surface area contributed by atoms with Crippen LogP contribution in [0.25, 0.3) is 0 Å². The fourth-order valence-corrected chi connectivity index (χ4v) is 17.7. The first-order valence-electron chi connectivity index (χ1n) is 24.7. The molecule has 0 aromatic carbocycles. The molecule has 7 rings (SSSR count). The molecule has 6 aliphatic carbocycles. The Morgan fingerprint density at radius 3 is 2.05 bits per heavy atom. The lowest BCUT2D eigenvalue weighted by Crippen LogP contribution is -2.69. The Kier molecular flexibility index (Phi) is 12.5. The molecule has 11 nitrogen and oxygen atoms in total. The third kappa shape index (κ3) is 7.97. The van der Waals surface area contributed by atoms with E-state index in [1.165, 1.54) is 32.1 Å². The summed E-state index contributed by atoms with van der Waals surface area (Å²) in [6.45, 7) is 30.6. The third-order valence-corrected chi connectivity index (χ3v) is 21.8. The predicted molar refractivity (Wildman–Crippen MR) is 243 cm³/mol. The highest BCUT2D eigenvalue weighted by Gasteiger charge is 2.71. The fourth-order valence-electron chi connectivity index (χ4n) is 16.4. The summed E-state index contributed by atoms with van der Waals surface area (Å²) in [5.41, 5.74) is -0.947. The standard InChI is InChI=1S/C50H85N3O8S/c1-30(2)32-16-21-50(51-29-36(53-24-26-62(58,59)27-25-53)31(3)52-43(57)61-44(4,5)6)23-22-48(12)33(40(32)50)14-15-38-47(11)19-18-39(46(9,10)37(47)17-20-49(38,48)13)60-42(56)35-28-34(41(54)55)45(35,7)8/h30-40,51H,14-29H2,1-13H3,(H,52,57)(H,54,55)/t31?,32-,33+,34-,35+,36?,37-,38+,39-,40+,47-,48+,49+,50-/m0/s1. The number of esters is 1. The molecule has 1 amide bonds. The quantitative estimate of drug-likeness (QED) is 0.182. The van der Waals surface area contributed by atoms with Gasteiger partial charge in [0.15, 0.2) is 9.84 Å². The molecule has 7 fully saturated rings. The number of carboxylic acid groups (broad SMARTS) is 1. The largest absolute Gasteiger partial charge is 0.481 e. The minimum absolute atomic E-state index is 0.0153. The van der Waals surface area contributed by atoms with Gasteiger partial charge in [0.25, 0.3) is 0 Å². The molecular weight excluding hydrogens is 803 g/mol. The summed E-state index contributed by atoms with van der Waals surface area (Å²) in [5, 5.41) is 17.2. The number of hydrogen-bond donors (Lipinski definition) is 3. The van der Waals surface area contributed by atoms with Crippen LogP contribution in [0.15, 0.2) is 0 Å². The highest BCUT2D eigenvalue weighted by molar-refractivity contribution is 7.91. The fraction of sp³-hybridized carbons (Fsp3) is 0.940. The smallest absolute Gasteiger partial charge is 0.407 e. The van der Waals surface area contributed by atoms with Gasteiger partial charge >= 0.3 is 18.0 Å². The molecule has 0 bridgehead atoms. The van der Waals surface area contributed by atoms with Gasteiger partial charge in [-0.25, -0.2) is 13.2 Å². The van der Waals surface area contributed by atoms with E-state index < -0.39 is 38.8 Å². The van der Waals surface area contributed by atoms with Gasteiger partial charge in [-0.2, -0.15) is 0 Å². The van der Waals surface area contributed by atoms with Gasteiger partial charge in [0, 0.05) is 42.7 Å². The molecule has 2 unspecified atom stereocenters. The van der Waals surface area contributed by atoms with Crippen LogP contribution < -0.4 is 10.6 Å². The summed E-state index contributed by atoms with van der Waals surface area (Å²) in [4.78, 5) is 40.9. The maximum Gasteiger partial charge on any atom is 0.407 e. The van der Waals surface area contributed by atoms with Gasteiger partial charge in [-0.15, -0.1) is 0 Å². The molecule has 1 saturated heterocycles. The van der Waals surface area contributed by atoms with Crippen molar-refractivity contribution >= 4 is 27.9 Å². The molecule has 0 radical (unpaired) electrons. The van der Waals surface area contributed by atoms with E-state index in [-0.39, 0.29) is 68.8 Å². The molecule has 354 valence electrons. The number of carbonyl (C=O) groups excluding carboxylic acids is 2. The van der Waals surface area contributed by atoms with Gasteiger partial charge < -0.3 is 25.2 Å². The van der Waals surface area contributed by atoms with E-state index in [2.05, 4.69) is 64.0 Å². The summed E-state index contributed by atoms with van der Waals surface area (Å²) < 4.78 is 37.3. The van der Waals surface area contributed by atoms with Crippen molar-refractivity contribution in [2.24, 2.45) is 74.4 Å². The van der Waals surface area contributed by atoms with Crippen LogP contribution in [0, 0.1) is 74.4 Å². The van der Waals surface area contributed by atoms with Gasteiger partial charge in [-0.1, -0.05) is 62.3 Å². The molecule has 6 saturated carbocycles. The number of rotatable bonds is 10. The zero-order chi connectivity index (χ0) is 45.8. The zero-order valence-corrected chi connectivity index (χ0v) is 41.6. The Balaban J connectivity index is 1.11. The highest BCUT2D eigenvalue weighted by atomic mass is 32.2. The van der Waals surface area contributed by atoms with Crippen molar-refractivity contribution in [3.63, 3.8) is 0 Å². The molecule has 14 atom stereocenters. The third-order valence-electron chi connectivity index (χ3n) is 20.2. The number of alkyl carbamates (subject to hydrolysis) is 1. The van der Waals surface area contributed by atoms with E-state index in [0.29, 0.717) is 61.6 Å².